The van der Waals surface area contributed by atoms with Crippen LogP contribution in [-0.4, -0.2) is 0 Å². The summed E-state index contributed by atoms with van der Waals surface area (Å²) in [5.41, 5.74) is 0. The van der Waals surface area contributed by atoms with Gasteiger partial charge in [0.15, 0.2) is 0 Å². The Kier molecular flexibility index (Phi) is 4.60. The lowest BCUT2D eigenvalue weighted by atomic mass is 12.6. The van der Waals surface area contributed by atoms with Gasteiger partial charge in [-0.3, -0.25) is 0 Å². The minimum Gasteiger partial charge on any atom is -0.199 e. The van der Waals surface area contributed by atoms with Gasteiger partial charge in [0, 0.05) is 23.6 Å². The van der Waals surface area contributed by atoms with E-state index < -0.39 is 0 Å². The quantitative estimate of drug-likeness (QED) is 0.328. The molecule has 4 nitrogen and oxygen atoms in total. The molecule has 0 aliphatic carbocycles. The fourth-order valence-electron chi connectivity index (χ4n) is 0.0378. The van der Waals surface area contributed by atoms with Crippen LogP contribution in [0.2, 0.25) is 0 Å². The zero-order valence-electron chi connectivity index (χ0n) is 2.65. The van der Waals surface area contributed by atoms with Crippen molar-refractivity contribution in [3.05, 3.63) is 0 Å². The Balaban J connectivity index is 2.73. The highest BCUT2D eigenvalue weighted by atomic mass is 35.5. The normalized spacial score (nSPS) is 9.00. The van der Waals surface area contributed by atoms with Crippen LogP contribution < -0.4 is 9.89 Å². The van der Waals surface area contributed by atoms with Crippen LogP contribution in [0.5, 0.6) is 0 Å². The lowest BCUT2D eigenvalue weighted by Crippen LogP contribution is -1.85. The average molecular weight is 129 g/mol. The van der Waals surface area contributed by atoms with Crippen LogP contribution in [0.4, 0.5) is 0 Å². The van der Waals surface area contributed by atoms with Gasteiger partial charge in [-0.05, 0) is 10.4 Å². The molecule has 0 aromatic rings. The molecule has 6 heteroatoms. The van der Waals surface area contributed by atoms with Gasteiger partial charge in [0.05, 0.1) is 0 Å². The van der Waals surface area contributed by atoms with E-state index in [-0.39, 0.29) is 0 Å². The Morgan fingerprint density at radius 1 is 1.00 bits per heavy atom. The third-order valence-electron chi connectivity index (χ3n) is 0.126. The summed E-state index contributed by atoms with van der Waals surface area (Å²) in [7, 11) is 0. The maximum absolute atomic E-state index is 4.77. The first kappa shape index (κ1) is 5.78. The standard InChI is InChI=1S/Cl2H2N4/c1-3-5-6-4-2/h(H,3,6)(H,4,5). The van der Waals surface area contributed by atoms with Crippen LogP contribution >= 0.6 is 23.6 Å². The van der Waals surface area contributed by atoms with E-state index in [0.717, 1.165) is 0 Å². The van der Waals surface area contributed by atoms with E-state index in [9.17, 15) is 0 Å². The molecule has 0 heterocycles. The van der Waals surface area contributed by atoms with E-state index in [1.54, 1.807) is 0 Å². The monoisotopic (exact) mass is 128 g/mol. The Hall–Kier alpha value is -0.220. The highest BCUT2D eigenvalue weighted by Gasteiger charge is 1.57. The third kappa shape index (κ3) is 3.78. The van der Waals surface area contributed by atoms with Crippen molar-refractivity contribution in [2.75, 3.05) is 0 Å². The number of hydrogen-bond acceptors (Lipinski definition) is 2. The van der Waals surface area contributed by atoms with Crippen molar-refractivity contribution < 1.29 is 0 Å². The molecule has 0 bridgehead atoms. The first-order valence-corrected chi connectivity index (χ1v) is 1.78. The van der Waals surface area contributed by atoms with Gasteiger partial charge in [-0.1, -0.05) is 0 Å². The number of nitrogens with one attached hydrogen (secondary N) is 2. The zero-order chi connectivity index (χ0) is 4.83. The second-order valence-electron chi connectivity index (χ2n) is 0.369. The van der Waals surface area contributed by atoms with E-state index in [0.29, 0.717) is 0 Å². The number of halogens is 2. The molecule has 0 aliphatic heterocycles. The topological polar surface area (TPSA) is 48.8 Å². The SMILES string of the molecule is ClNN=NNCl. The summed E-state index contributed by atoms with van der Waals surface area (Å²) >= 11 is 9.54. The predicted molar refractivity (Wildman–Crippen MR) is 22.8 cm³/mol. The average Bonchev–Trinajstić information content (AvgIpc) is 1.61. The third-order valence-corrected chi connectivity index (χ3v) is 0.277. The minimum atomic E-state index is 1.85. The molecule has 0 aromatic heterocycles. The van der Waals surface area contributed by atoms with E-state index in [1.165, 1.54) is 0 Å². The Labute approximate surface area is 44.7 Å². The summed E-state index contributed by atoms with van der Waals surface area (Å²) < 4.78 is 0. The Morgan fingerprint density at radius 3 is 1.50 bits per heavy atom. The highest BCUT2D eigenvalue weighted by Crippen LogP contribution is 1.65. The van der Waals surface area contributed by atoms with Crippen molar-refractivity contribution in [3.8, 4) is 0 Å². The summed E-state index contributed by atoms with van der Waals surface area (Å²) in [6.45, 7) is 0. The second kappa shape index (κ2) is 4.78. The largest absolute Gasteiger partial charge is 0.199 e. The lowest BCUT2D eigenvalue weighted by molar-refractivity contribution is 0.840. The maximum Gasteiger partial charge on any atom is 0.0305 e. The first-order valence-electron chi connectivity index (χ1n) is 1.03. The van der Waals surface area contributed by atoms with Crippen LogP contribution in [0.25, 0.3) is 0 Å². The van der Waals surface area contributed by atoms with Crippen molar-refractivity contribution in [3.63, 3.8) is 0 Å². The molecule has 0 aliphatic rings. The fourth-order valence-corrected chi connectivity index (χ4v) is 0.113. The van der Waals surface area contributed by atoms with Gasteiger partial charge in [0.2, 0.25) is 0 Å². The molecular weight excluding hydrogens is 127 g/mol. The van der Waals surface area contributed by atoms with Gasteiger partial charge in [-0.15, -0.1) is 0 Å². The van der Waals surface area contributed by atoms with Crippen molar-refractivity contribution in [2.45, 2.75) is 0 Å². The number of nitrogens with zero attached hydrogens (tertiary/aromatic N) is 2. The summed E-state index contributed by atoms with van der Waals surface area (Å²) in [6, 6.07) is 0. The van der Waals surface area contributed by atoms with Crippen LogP contribution in [0.3, 0.4) is 0 Å². The van der Waals surface area contributed by atoms with Crippen LogP contribution in [0, 0.1) is 0 Å². The van der Waals surface area contributed by atoms with Gasteiger partial charge in [0.1, 0.15) is 0 Å². The molecule has 0 unspecified atom stereocenters. The number of rotatable bonds is 2. The highest BCUT2D eigenvalue weighted by molar-refractivity contribution is 6.13. The van der Waals surface area contributed by atoms with Gasteiger partial charge >= 0.3 is 0 Å². The number of hydrogen-bond donors (Lipinski definition) is 2. The molecule has 36 valence electrons. The predicted octanol–water partition coefficient (Wildman–Crippen LogP) is 0.755. The fraction of sp³-hybridized carbons (Fsp3) is 0. The van der Waals surface area contributed by atoms with E-state index in [2.05, 4.69) is 10.4 Å². The maximum atomic E-state index is 4.77. The van der Waals surface area contributed by atoms with E-state index in [4.69, 9.17) is 23.6 Å². The molecule has 0 atom stereocenters. The molecular formula is H2Cl2N4. The summed E-state index contributed by atoms with van der Waals surface area (Å²) in [6.07, 6.45) is 0. The Bertz CT molecular complexity index is 34.8. The Morgan fingerprint density at radius 2 is 1.33 bits per heavy atom. The van der Waals surface area contributed by atoms with Crippen LogP contribution in [0.1, 0.15) is 0 Å². The summed E-state index contributed by atoms with van der Waals surface area (Å²) in [5.74, 6) is 0. The minimum absolute atomic E-state index is 1.85. The van der Waals surface area contributed by atoms with Gasteiger partial charge in [-0.25, -0.2) is 0 Å². The van der Waals surface area contributed by atoms with Crippen LogP contribution in [0.15, 0.2) is 10.4 Å². The molecule has 0 fully saturated rings. The molecule has 0 saturated heterocycles. The van der Waals surface area contributed by atoms with Crippen molar-refractivity contribution in [1.29, 1.82) is 0 Å². The van der Waals surface area contributed by atoms with Crippen molar-refractivity contribution >= 4 is 23.6 Å². The van der Waals surface area contributed by atoms with Gasteiger partial charge < -0.3 is 0 Å². The summed E-state index contributed by atoms with van der Waals surface area (Å²) in [4.78, 5) is 3.70. The molecule has 6 heavy (non-hydrogen) atoms. The van der Waals surface area contributed by atoms with Crippen molar-refractivity contribution in [1.82, 2.24) is 9.89 Å². The van der Waals surface area contributed by atoms with Crippen LogP contribution in [-0.2, 0) is 0 Å². The molecule has 2 N–H and O–H groups in total. The molecule has 0 amide bonds. The zero-order valence-corrected chi connectivity index (χ0v) is 4.16. The summed E-state index contributed by atoms with van der Waals surface area (Å²) in [5, 5.41) is 5.98. The van der Waals surface area contributed by atoms with E-state index in [1.807, 2.05) is 9.89 Å². The molecule has 0 rings (SSSR count). The first-order chi connectivity index (χ1) is 2.91. The van der Waals surface area contributed by atoms with Gasteiger partial charge in [0.25, 0.3) is 0 Å². The lowest BCUT2D eigenvalue weighted by Gasteiger charge is -1.75. The molecule has 0 aromatic carbocycles. The molecule has 0 radical (unpaired) electrons. The van der Waals surface area contributed by atoms with E-state index >= 15 is 0 Å². The smallest absolute Gasteiger partial charge is 0.0305 e. The molecule has 0 spiro atoms. The molecule has 0 saturated carbocycles. The van der Waals surface area contributed by atoms with Gasteiger partial charge in [-0.2, -0.15) is 9.89 Å². The van der Waals surface area contributed by atoms with Crippen molar-refractivity contribution in [2.24, 2.45) is 10.4 Å². The second-order valence-corrected chi connectivity index (χ2v) is 0.707.